The third-order valence-corrected chi connectivity index (χ3v) is 8.16. The van der Waals surface area contributed by atoms with Gasteiger partial charge in [0.15, 0.2) is 5.01 Å². The van der Waals surface area contributed by atoms with Gasteiger partial charge in [-0.3, -0.25) is 9.59 Å². The van der Waals surface area contributed by atoms with Crippen LogP contribution in [0.1, 0.15) is 69.4 Å². The zero-order valence-corrected chi connectivity index (χ0v) is 20.9. The lowest BCUT2D eigenvalue weighted by molar-refractivity contribution is 0.0868. The summed E-state index contributed by atoms with van der Waals surface area (Å²) in [5.74, 6) is -0.294. The van der Waals surface area contributed by atoms with Crippen molar-refractivity contribution in [2.75, 3.05) is 13.6 Å². The van der Waals surface area contributed by atoms with E-state index < -0.39 is 0 Å². The number of aromatic amines is 1. The fourth-order valence-electron chi connectivity index (χ4n) is 4.95. The van der Waals surface area contributed by atoms with Gasteiger partial charge >= 0.3 is 0 Å². The van der Waals surface area contributed by atoms with Crippen molar-refractivity contribution in [3.05, 3.63) is 50.6 Å². The highest BCUT2D eigenvalue weighted by atomic mass is 35.5. The van der Waals surface area contributed by atoms with Crippen LogP contribution in [0.15, 0.2) is 24.3 Å². The second-order valence-electron chi connectivity index (χ2n) is 9.44. The number of halogens is 1. The molecule has 3 N–H and O–H groups in total. The van der Waals surface area contributed by atoms with Crippen molar-refractivity contribution in [2.24, 2.45) is 0 Å². The number of carbonyl (C=O) groups excluding carboxylic acids is 2. The largest absolute Gasteiger partial charge is 0.351 e. The minimum Gasteiger partial charge on any atom is -0.351 e. The summed E-state index contributed by atoms with van der Waals surface area (Å²) in [6.45, 7) is 1.81. The summed E-state index contributed by atoms with van der Waals surface area (Å²) < 4.78 is 0. The second-order valence-corrected chi connectivity index (χ2v) is 11.0. The lowest BCUT2D eigenvalue weighted by Gasteiger charge is -2.30. The van der Waals surface area contributed by atoms with Crippen LogP contribution in [-0.2, 0) is 13.0 Å². The number of likely N-dealkylation sites (N-methyl/N-ethyl adjacent to an activating group) is 1. The molecule has 0 bridgehead atoms. The summed E-state index contributed by atoms with van der Waals surface area (Å²) in [5.41, 5.74) is 2.42. The Morgan fingerprint density at radius 3 is 2.59 bits per heavy atom. The maximum atomic E-state index is 13.2. The van der Waals surface area contributed by atoms with E-state index in [-0.39, 0.29) is 23.9 Å². The fraction of sp³-hybridized carbons (Fsp3) is 0.480. The Hall–Kier alpha value is -2.42. The third kappa shape index (κ3) is 5.14. The van der Waals surface area contributed by atoms with Gasteiger partial charge < -0.3 is 20.5 Å². The number of amides is 2. The van der Waals surface area contributed by atoms with Crippen LogP contribution in [-0.4, -0.2) is 52.4 Å². The lowest BCUT2D eigenvalue weighted by atomic mass is 9.92. The maximum absolute atomic E-state index is 13.2. The van der Waals surface area contributed by atoms with Crippen molar-refractivity contribution in [1.29, 1.82) is 0 Å². The molecule has 2 aromatic heterocycles. The molecule has 7 nitrogen and oxygen atoms in total. The van der Waals surface area contributed by atoms with Crippen molar-refractivity contribution in [3.63, 3.8) is 0 Å². The van der Waals surface area contributed by atoms with Crippen molar-refractivity contribution in [3.8, 4) is 0 Å². The molecule has 180 valence electrons. The van der Waals surface area contributed by atoms with Crippen molar-refractivity contribution >= 4 is 45.7 Å². The Balaban J connectivity index is 1.31. The molecule has 0 unspecified atom stereocenters. The SMILES string of the molecule is CN1CCc2nc(C(=O)N[C@@H]3CCCCCC[C@H]3NC(=O)c3cc4cc(Cl)ccc4[nH]3)sc2C1. The summed E-state index contributed by atoms with van der Waals surface area (Å²) >= 11 is 7.59. The molecule has 1 aliphatic carbocycles. The second kappa shape index (κ2) is 10.1. The fourth-order valence-corrected chi connectivity index (χ4v) is 6.22. The van der Waals surface area contributed by atoms with E-state index in [1.54, 1.807) is 6.07 Å². The Labute approximate surface area is 208 Å². The van der Waals surface area contributed by atoms with Gasteiger partial charge in [-0.1, -0.05) is 37.3 Å². The minimum absolute atomic E-state index is 0.126. The number of rotatable bonds is 4. The molecule has 0 radical (unpaired) electrons. The van der Waals surface area contributed by atoms with Gasteiger partial charge in [0.2, 0.25) is 0 Å². The van der Waals surface area contributed by atoms with Crippen LogP contribution in [0.5, 0.6) is 0 Å². The molecule has 34 heavy (non-hydrogen) atoms. The normalized spacial score (nSPS) is 21.5. The van der Waals surface area contributed by atoms with E-state index in [1.807, 2.05) is 18.2 Å². The highest BCUT2D eigenvalue weighted by Gasteiger charge is 2.29. The number of nitrogens with one attached hydrogen (secondary N) is 3. The first-order valence-corrected chi connectivity index (χ1v) is 13.2. The van der Waals surface area contributed by atoms with Gasteiger partial charge in [-0.2, -0.15) is 0 Å². The third-order valence-electron chi connectivity index (χ3n) is 6.84. The zero-order chi connectivity index (χ0) is 23.7. The highest BCUT2D eigenvalue weighted by molar-refractivity contribution is 7.13. The minimum atomic E-state index is -0.162. The molecule has 1 aromatic carbocycles. The van der Waals surface area contributed by atoms with E-state index in [4.69, 9.17) is 11.6 Å². The van der Waals surface area contributed by atoms with Crippen molar-refractivity contribution < 1.29 is 9.59 Å². The van der Waals surface area contributed by atoms with E-state index in [1.165, 1.54) is 16.2 Å². The number of aromatic nitrogens is 2. The molecular weight excluding hydrogens is 470 g/mol. The summed E-state index contributed by atoms with van der Waals surface area (Å²) in [4.78, 5) is 37.5. The number of fused-ring (bicyclic) bond motifs is 2. The molecular formula is C25H30ClN5O2S. The Bertz CT molecular complexity index is 1210. The molecule has 1 fully saturated rings. The number of hydrogen-bond acceptors (Lipinski definition) is 5. The van der Waals surface area contributed by atoms with E-state index in [9.17, 15) is 9.59 Å². The molecule has 2 atom stereocenters. The topological polar surface area (TPSA) is 90.1 Å². The van der Waals surface area contributed by atoms with Gasteiger partial charge in [0, 0.05) is 52.4 Å². The molecule has 0 spiro atoms. The predicted octanol–water partition coefficient (Wildman–Crippen LogP) is 4.52. The quantitative estimate of drug-likeness (QED) is 0.492. The number of benzene rings is 1. The maximum Gasteiger partial charge on any atom is 0.280 e. The number of hydrogen-bond donors (Lipinski definition) is 3. The Morgan fingerprint density at radius 2 is 1.82 bits per heavy atom. The lowest BCUT2D eigenvalue weighted by Crippen LogP contribution is -2.52. The summed E-state index contributed by atoms with van der Waals surface area (Å²) in [7, 11) is 2.09. The average Bonchev–Trinajstić information content (AvgIpc) is 3.41. The molecule has 3 aromatic rings. The molecule has 1 aliphatic heterocycles. The van der Waals surface area contributed by atoms with Crippen molar-refractivity contribution in [2.45, 2.75) is 63.6 Å². The molecule has 0 saturated heterocycles. The van der Waals surface area contributed by atoms with Crippen LogP contribution >= 0.6 is 22.9 Å². The molecule has 2 amide bonds. The van der Waals surface area contributed by atoms with Gasteiger partial charge in [-0.25, -0.2) is 4.98 Å². The first-order chi connectivity index (χ1) is 16.5. The summed E-state index contributed by atoms with van der Waals surface area (Å²) in [6.07, 6.45) is 6.90. The molecule has 1 saturated carbocycles. The monoisotopic (exact) mass is 499 g/mol. The van der Waals surface area contributed by atoms with Gasteiger partial charge in [0.25, 0.3) is 11.8 Å². The summed E-state index contributed by atoms with van der Waals surface area (Å²) in [6, 6.07) is 7.08. The van der Waals surface area contributed by atoms with Crippen LogP contribution < -0.4 is 10.6 Å². The van der Waals surface area contributed by atoms with Crippen LogP contribution in [0.2, 0.25) is 5.02 Å². The van der Waals surface area contributed by atoms with Gasteiger partial charge in [0.1, 0.15) is 5.69 Å². The van der Waals surface area contributed by atoms with E-state index in [0.717, 1.165) is 74.6 Å². The Kier molecular flexibility index (Phi) is 6.90. The Morgan fingerprint density at radius 1 is 1.09 bits per heavy atom. The van der Waals surface area contributed by atoms with Crippen LogP contribution in [0, 0.1) is 0 Å². The molecule has 9 heteroatoms. The molecule has 2 aliphatic rings. The first-order valence-electron chi connectivity index (χ1n) is 12.0. The van der Waals surface area contributed by atoms with Gasteiger partial charge in [-0.05, 0) is 44.2 Å². The standard InChI is InChI=1S/C25H30ClN5O2S/c1-31-11-10-20-22(14-31)34-25(30-20)24(33)29-19-7-5-3-2-4-6-18(19)28-23(32)21-13-15-12-16(26)8-9-17(15)27-21/h8-9,12-13,18-19,27H,2-7,10-11,14H2,1H3,(H,28,32)(H,29,33)/t18-,19-/m1/s1. The number of carbonyl (C=O) groups is 2. The summed E-state index contributed by atoms with van der Waals surface area (Å²) in [5, 5.41) is 8.48. The van der Waals surface area contributed by atoms with Gasteiger partial charge in [0.05, 0.1) is 5.69 Å². The smallest absolute Gasteiger partial charge is 0.280 e. The first kappa shape index (κ1) is 23.3. The van der Waals surface area contributed by atoms with Crippen LogP contribution in [0.25, 0.3) is 10.9 Å². The zero-order valence-electron chi connectivity index (χ0n) is 19.3. The predicted molar refractivity (Wildman–Crippen MR) is 136 cm³/mol. The highest BCUT2D eigenvalue weighted by Crippen LogP contribution is 2.26. The molecule has 5 rings (SSSR count). The number of nitrogens with zero attached hydrogens (tertiary/aromatic N) is 2. The number of H-pyrrole nitrogens is 1. The van der Waals surface area contributed by atoms with E-state index in [0.29, 0.717) is 15.7 Å². The average molecular weight is 500 g/mol. The van der Waals surface area contributed by atoms with Crippen LogP contribution in [0.3, 0.4) is 0 Å². The van der Waals surface area contributed by atoms with Crippen molar-refractivity contribution in [1.82, 2.24) is 25.5 Å². The van der Waals surface area contributed by atoms with E-state index in [2.05, 4.69) is 32.5 Å². The van der Waals surface area contributed by atoms with Gasteiger partial charge in [-0.15, -0.1) is 11.3 Å². The van der Waals surface area contributed by atoms with E-state index >= 15 is 0 Å². The van der Waals surface area contributed by atoms with Crippen LogP contribution in [0.4, 0.5) is 0 Å². The molecule has 3 heterocycles. The number of thiazole rings is 1.